The lowest BCUT2D eigenvalue weighted by molar-refractivity contribution is 0.122. The zero-order chi connectivity index (χ0) is 16.8. The summed E-state index contributed by atoms with van der Waals surface area (Å²) >= 11 is 0. The number of morpholine rings is 1. The van der Waals surface area contributed by atoms with Crippen molar-refractivity contribution in [3.63, 3.8) is 0 Å². The predicted octanol–water partition coefficient (Wildman–Crippen LogP) is 3.42. The maximum absolute atomic E-state index is 14.3. The van der Waals surface area contributed by atoms with Crippen LogP contribution in [0.3, 0.4) is 0 Å². The molecular weight excluding hydrogens is 299 g/mol. The van der Waals surface area contributed by atoms with Gasteiger partial charge in [0.1, 0.15) is 11.9 Å². The van der Waals surface area contributed by atoms with Crippen molar-refractivity contribution in [2.45, 2.75) is 33.3 Å². The van der Waals surface area contributed by atoms with E-state index >= 15 is 0 Å². The highest BCUT2D eigenvalue weighted by molar-refractivity contribution is 5.90. The van der Waals surface area contributed by atoms with E-state index in [-0.39, 0.29) is 11.9 Å². The third-order valence-electron chi connectivity index (χ3n) is 3.92. The van der Waals surface area contributed by atoms with Gasteiger partial charge in [-0.2, -0.15) is 0 Å². The van der Waals surface area contributed by atoms with Gasteiger partial charge in [0, 0.05) is 13.1 Å². The Morgan fingerprint density at radius 3 is 2.52 bits per heavy atom. The second-order valence-electron chi connectivity index (χ2n) is 5.26. The number of cyclic esters (lactones) is 1. The second-order valence-corrected chi connectivity index (χ2v) is 5.26. The predicted molar refractivity (Wildman–Crippen MR) is 88.7 cm³/mol. The van der Waals surface area contributed by atoms with Crippen molar-refractivity contribution in [2.24, 2.45) is 0 Å². The highest BCUT2D eigenvalue weighted by atomic mass is 19.1. The maximum Gasteiger partial charge on any atom is 0.414 e. The smallest absolute Gasteiger partial charge is 0.414 e. The van der Waals surface area contributed by atoms with Crippen molar-refractivity contribution in [3.05, 3.63) is 24.0 Å². The molecule has 23 heavy (non-hydrogen) atoms. The minimum atomic E-state index is -0.402. The maximum atomic E-state index is 14.3. The monoisotopic (exact) mass is 324 g/mol. The number of hydrogen-bond donors (Lipinski definition) is 0. The Kier molecular flexibility index (Phi) is 6.21. The number of rotatable bonds is 3. The summed E-state index contributed by atoms with van der Waals surface area (Å²) < 4.78 is 24.8. The summed E-state index contributed by atoms with van der Waals surface area (Å²) in [4.78, 5) is 15.2. The lowest BCUT2D eigenvalue weighted by Crippen LogP contribution is -2.36. The van der Waals surface area contributed by atoms with E-state index in [0.29, 0.717) is 44.2 Å². The van der Waals surface area contributed by atoms with Gasteiger partial charge in [-0.3, -0.25) is 4.90 Å². The van der Waals surface area contributed by atoms with E-state index < -0.39 is 6.09 Å². The Morgan fingerprint density at radius 2 is 1.96 bits per heavy atom. The van der Waals surface area contributed by atoms with Gasteiger partial charge in [0.25, 0.3) is 0 Å². The van der Waals surface area contributed by atoms with Crippen molar-refractivity contribution in [2.75, 3.05) is 42.6 Å². The van der Waals surface area contributed by atoms with Gasteiger partial charge in [0.2, 0.25) is 0 Å². The van der Waals surface area contributed by atoms with Gasteiger partial charge >= 0.3 is 6.09 Å². The summed E-state index contributed by atoms with van der Waals surface area (Å²) in [5.41, 5.74) is 1.10. The first-order valence-corrected chi connectivity index (χ1v) is 8.29. The van der Waals surface area contributed by atoms with Crippen molar-refractivity contribution < 1.29 is 18.7 Å². The number of amides is 1. The zero-order valence-corrected chi connectivity index (χ0v) is 14.0. The van der Waals surface area contributed by atoms with Crippen molar-refractivity contribution in [1.82, 2.24) is 0 Å². The molecule has 2 saturated heterocycles. The fourth-order valence-corrected chi connectivity index (χ4v) is 2.67. The number of hydrogen-bond acceptors (Lipinski definition) is 4. The molecule has 1 aromatic rings. The first kappa shape index (κ1) is 17.5. The number of nitrogens with zero attached hydrogens (tertiary/aromatic N) is 2. The summed E-state index contributed by atoms with van der Waals surface area (Å²) in [6.45, 7) is 9.02. The molecule has 1 atom stereocenters. The molecule has 5 nitrogen and oxygen atoms in total. The standard InChI is InChI=1S/C15H19FN2O3.C2H6/c1-2-12-10-18(15(19)21-12)11-3-4-14(13(16)9-11)17-5-7-20-8-6-17;1-2/h3-4,9,12H,2,5-8,10H2,1H3;1-2H3/t12-;/m0./s1. The average Bonchev–Trinajstić information content (AvgIpc) is 2.98. The number of carbonyl (C=O) groups excluding carboxylic acids is 1. The molecule has 0 bridgehead atoms. The van der Waals surface area contributed by atoms with Gasteiger partial charge < -0.3 is 14.4 Å². The Balaban J connectivity index is 0.000000924. The van der Waals surface area contributed by atoms with Crippen molar-refractivity contribution >= 4 is 17.5 Å². The van der Waals surface area contributed by atoms with E-state index in [2.05, 4.69) is 0 Å². The van der Waals surface area contributed by atoms with Crippen LogP contribution in [0.1, 0.15) is 27.2 Å². The third-order valence-corrected chi connectivity index (χ3v) is 3.92. The van der Waals surface area contributed by atoms with Crippen LogP contribution >= 0.6 is 0 Å². The van der Waals surface area contributed by atoms with Crippen molar-refractivity contribution in [1.29, 1.82) is 0 Å². The van der Waals surface area contributed by atoms with Gasteiger partial charge in [0.15, 0.2) is 0 Å². The van der Waals surface area contributed by atoms with Crippen LogP contribution in [0, 0.1) is 5.82 Å². The SMILES string of the molecule is CC.CC[C@H]1CN(c2ccc(N3CCOCC3)c(F)c2)C(=O)O1. The number of ether oxygens (including phenoxy) is 2. The molecule has 0 aromatic heterocycles. The molecule has 1 amide bonds. The van der Waals surface area contributed by atoms with Crippen LogP contribution in [0.25, 0.3) is 0 Å². The van der Waals surface area contributed by atoms with E-state index in [1.165, 1.54) is 11.0 Å². The topological polar surface area (TPSA) is 42.0 Å². The minimum absolute atomic E-state index is 0.112. The van der Waals surface area contributed by atoms with Gasteiger partial charge in [-0.15, -0.1) is 0 Å². The molecule has 2 fully saturated rings. The van der Waals surface area contributed by atoms with E-state index in [4.69, 9.17) is 9.47 Å². The van der Waals surface area contributed by atoms with E-state index in [9.17, 15) is 9.18 Å². The minimum Gasteiger partial charge on any atom is -0.444 e. The lowest BCUT2D eigenvalue weighted by atomic mass is 10.2. The fraction of sp³-hybridized carbons (Fsp3) is 0.588. The van der Waals surface area contributed by atoms with Crippen LogP contribution in [0.4, 0.5) is 20.6 Å². The summed E-state index contributed by atoms with van der Waals surface area (Å²) in [6, 6.07) is 4.90. The molecule has 0 unspecified atom stereocenters. The summed E-state index contributed by atoms with van der Waals surface area (Å²) in [5, 5.41) is 0. The van der Waals surface area contributed by atoms with Crippen LogP contribution in [0.2, 0.25) is 0 Å². The highest BCUT2D eigenvalue weighted by Gasteiger charge is 2.31. The van der Waals surface area contributed by atoms with Crippen LogP contribution in [-0.4, -0.2) is 45.0 Å². The molecular formula is C17H25FN2O3. The summed E-state index contributed by atoms with van der Waals surface area (Å²) in [6.07, 6.45) is 0.246. The number of anilines is 2. The molecule has 0 saturated carbocycles. The Labute approximate surface area is 137 Å². The largest absolute Gasteiger partial charge is 0.444 e. The molecule has 2 aliphatic rings. The Morgan fingerprint density at radius 1 is 1.26 bits per heavy atom. The van der Waals surface area contributed by atoms with Gasteiger partial charge in [-0.1, -0.05) is 20.8 Å². The van der Waals surface area contributed by atoms with Gasteiger partial charge in [-0.25, -0.2) is 9.18 Å². The Hall–Kier alpha value is -1.82. The molecule has 6 heteroatoms. The molecule has 128 valence electrons. The second kappa shape index (κ2) is 8.15. The van der Waals surface area contributed by atoms with Crippen LogP contribution < -0.4 is 9.80 Å². The van der Waals surface area contributed by atoms with E-state index in [1.807, 2.05) is 25.7 Å². The molecule has 0 N–H and O–H groups in total. The van der Waals surface area contributed by atoms with E-state index in [1.54, 1.807) is 12.1 Å². The first-order chi connectivity index (χ1) is 11.2. The summed E-state index contributed by atoms with van der Waals surface area (Å²) in [5.74, 6) is -0.317. The van der Waals surface area contributed by atoms with Gasteiger partial charge in [-0.05, 0) is 24.6 Å². The molecule has 0 aliphatic carbocycles. The number of halogens is 1. The highest BCUT2D eigenvalue weighted by Crippen LogP contribution is 2.28. The first-order valence-electron chi connectivity index (χ1n) is 8.29. The molecule has 0 radical (unpaired) electrons. The van der Waals surface area contributed by atoms with Gasteiger partial charge in [0.05, 0.1) is 31.1 Å². The number of carbonyl (C=O) groups is 1. The quantitative estimate of drug-likeness (QED) is 0.854. The molecule has 1 aromatic carbocycles. The summed E-state index contributed by atoms with van der Waals surface area (Å²) in [7, 11) is 0. The normalized spacial score (nSPS) is 20.9. The average molecular weight is 324 g/mol. The van der Waals surface area contributed by atoms with Crippen molar-refractivity contribution in [3.8, 4) is 0 Å². The molecule has 2 heterocycles. The van der Waals surface area contributed by atoms with Crippen LogP contribution in [0.15, 0.2) is 18.2 Å². The molecule has 3 rings (SSSR count). The fourth-order valence-electron chi connectivity index (χ4n) is 2.67. The molecule has 0 spiro atoms. The van der Waals surface area contributed by atoms with Crippen LogP contribution in [0.5, 0.6) is 0 Å². The number of benzene rings is 1. The zero-order valence-electron chi connectivity index (χ0n) is 14.0. The van der Waals surface area contributed by atoms with Crippen LogP contribution in [-0.2, 0) is 9.47 Å². The lowest BCUT2D eigenvalue weighted by Gasteiger charge is -2.29. The van der Waals surface area contributed by atoms with E-state index in [0.717, 1.165) is 6.42 Å². The molecule has 2 aliphatic heterocycles. The Bertz CT molecular complexity index is 533. The third kappa shape index (κ3) is 3.93.